The lowest BCUT2D eigenvalue weighted by atomic mass is 10.3. The highest BCUT2D eigenvalue weighted by molar-refractivity contribution is 5.77. The summed E-state index contributed by atoms with van der Waals surface area (Å²) in [5, 5.41) is 2.91. The number of hydrogen-bond donors (Lipinski definition) is 1. The van der Waals surface area contributed by atoms with Gasteiger partial charge in [0, 0.05) is 32.0 Å². The minimum absolute atomic E-state index is 0.0358. The summed E-state index contributed by atoms with van der Waals surface area (Å²) in [5.74, 6) is 0.0358. The molecule has 0 aromatic carbocycles. The number of rotatable bonds is 8. The molecule has 0 aliphatic heterocycles. The predicted molar refractivity (Wildman–Crippen MR) is 85.9 cm³/mol. The topological polar surface area (TPSA) is 58.1 Å². The second-order valence-electron chi connectivity index (χ2n) is 5.14. The Balaban J connectivity index is 2.01. The van der Waals surface area contributed by atoms with E-state index in [4.69, 9.17) is 0 Å². The van der Waals surface area contributed by atoms with Crippen molar-refractivity contribution in [3.8, 4) is 0 Å². The molecule has 0 unspecified atom stereocenters. The average molecular weight is 298 g/mol. The summed E-state index contributed by atoms with van der Waals surface area (Å²) in [6.07, 6.45) is 4.48. The van der Waals surface area contributed by atoms with E-state index in [2.05, 4.69) is 20.2 Å². The molecule has 0 atom stereocenters. The van der Waals surface area contributed by atoms with Crippen LogP contribution in [0.5, 0.6) is 0 Å². The zero-order valence-corrected chi connectivity index (χ0v) is 12.9. The molecule has 2 aromatic heterocycles. The van der Waals surface area contributed by atoms with E-state index in [-0.39, 0.29) is 5.91 Å². The standard InChI is InChI=1S/C17H22N4O/c1-2-9-20-17(22)14-21(12-15-7-3-5-10-18-15)13-16-8-4-6-11-19-16/h3-8,10-11H,2,9,12-14H2,1H3,(H,20,22). The van der Waals surface area contributed by atoms with Crippen LogP contribution < -0.4 is 5.32 Å². The highest BCUT2D eigenvalue weighted by Gasteiger charge is 2.12. The van der Waals surface area contributed by atoms with E-state index in [0.29, 0.717) is 26.2 Å². The highest BCUT2D eigenvalue weighted by atomic mass is 16.2. The monoisotopic (exact) mass is 298 g/mol. The third kappa shape index (κ3) is 5.61. The van der Waals surface area contributed by atoms with Crippen molar-refractivity contribution < 1.29 is 4.79 Å². The van der Waals surface area contributed by atoms with Crippen LogP contribution in [-0.4, -0.2) is 33.9 Å². The van der Waals surface area contributed by atoms with Gasteiger partial charge in [-0.3, -0.25) is 19.7 Å². The molecule has 0 aliphatic carbocycles. The van der Waals surface area contributed by atoms with E-state index in [0.717, 1.165) is 17.8 Å². The molecule has 5 heteroatoms. The minimum Gasteiger partial charge on any atom is -0.355 e. The summed E-state index contributed by atoms with van der Waals surface area (Å²) in [6.45, 7) is 4.33. The Kier molecular flexibility index (Phi) is 6.51. The molecule has 0 radical (unpaired) electrons. The van der Waals surface area contributed by atoms with Crippen molar-refractivity contribution in [1.29, 1.82) is 0 Å². The van der Waals surface area contributed by atoms with Gasteiger partial charge in [-0.15, -0.1) is 0 Å². The lowest BCUT2D eigenvalue weighted by Gasteiger charge is -2.21. The van der Waals surface area contributed by atoms with Crippen LogP contribution in [-0.2, 0) is 17.9 Å². The van der Waals surface area contributed by atoms with E-state index in [1.54, 1.807) is 12.4 Å². The van der Waals surface area contributed by atoms with Crippen LogP contribution in [0.15, 0.2) is 48.8 Å². The van der Waals surface area contributed by atoms with E-state index in [9.17, 15) is 4.79 Å². The lowest BCUT2D eigenvalue weighted by Crippen LogP contribution is -2.37. The van der Waals surface area contributed by atoms with Crippen LogP contribution in [0.3, 0.4) is 0 Å². The Labute approximate surface area is 131 Å². The van der Waals surface area contributed by atoms with Crippen LogP contribution in [0, 0.1) is 0 Å². The van der Waals surface area contributed by atoms with Crippen molar-refractivity contribution in [1.82, 2.24) is 20.2 Å². The second-order valence-corrected chi connectivity index (χ2v) is 5.14. The van der Waals surface area contributed by atoms with Gasteiger partial charge in [-0.05, 0) is 30.7 Å². The molecule has 1 N–H and O–H groups in total. The van der Waals surface area contributed by atoms with Crippen LogP contribution in [0.4, 0.5) is 0 Å². The molecule has 0 saturated heterocycles. The van der Waals surface area contributed by atoms with Gasteiger partial charge in [0.15, 0.2) is 0 Å². The maximum atomic E-state index is 12.0. The predicted octanol–water partition coefficient (Wildman–Crippen LogP) is 2.00. The van der Waals surface area contributed by atoms with Gasteiger partial charge in [-0.1, -0.05) is 19.1 Å². The number of nitrogens with one attached hydrogen (secondary N) is 1. The Bertz CT molecular complexity index is 518. The summed E-state index contributed by atoms with van der Waals surface area (Å²) in [7, 11) is 0. The fourth-order valence-electron chi connectivity index (χ4n) is 2.13. The van der Waals surface area contributed by atoms with Crippen molar-refractivity contribution >= 4 is 5.91 Å². The Morgan fingerprint density at radius 1 is 1.05 bits per heavy atom. The molecule has 0 fully saturated rings. The van der Waals surface area contributed by atoms with E-state index < -0.39 is 0 Å². The first-order valence-corrected chi connectivity index (χ1v) is 7.57. The molecule has 116 valence electrons. The molecule has 0 saturated carbocycles. The zero-order valence-electron chi connectivity index (χ0n) is 12.9. The number of pyridine rings is 2. The van der Waals surface area contributed by atoms with E-state index in [1.165, 1.54) is 0 Å². The molecule has 2 rings (SSSR count). The molecule has 2 heterocycles. The molecule has 2 aromatic rings. The number of hydrogen-bond acceptors (Lipinski definition) is 4. The van der Waals surface area contributed by atoms with Crippen molar-refractivity contribution in [3.05, 3.63) is 60.2 Å². The molecule has 1 amide bonds. The Morgan fingerprint density at radius 2 is 1.64 bits per heavy atom. The summed E-state index contributed by atoms with van der Waals surface area (Å²) >= 11 is 0. The molecular formula is C17H22N4O. The van der Waals surface area contributed by atoms with E-state index in [1.807, 2.05) is 43.3 Å². The first-order valence-electron chi connectivity index (χ1n) is 7.57. The summed E-state index contributed by atoms with van der Waals surface area (Å²) in [4.78, 5) is 22.7. The second kappa shape index (κ2) is 8.89. The Morgan fingerprint density at radius 3 is 2.09 bits per heavy atom. The van der Waals surface area contributed by atoms with Gasteiger partial charge in [0.2, 0.25) is 5.91 Å². The molecule has 0 bridgehead atoms. The number of carbonyl (C=O) groups excluding carboxylic acids is 1. The maximum absolute atomic E-state index is 12.0. The lowest BCUT2D eigenvalue weighted by molar-refractivity contribution is -0.122. The number of aromatic nitrogens is 2. The number of amides is 1. The van der Waals surface area contributed by atoms with Gasteiger partial charge in [0.25, 0.3) is 0 Å². The van der Waals surface area contributed by atoms with Crippen LogP contribution in [0.2, 0.25) is 0 Å². The maximum Gasteiger partial charge on any atom is 0.234 e. The summed E-state index contributed by atoms with van der Waals surface area (Å²) in [5.41, 5.74) is 1.89. The zero-order chi connectivity index (χ0) is 15.6. The smallest absolute Gasteiger partial charge is 0.234 e. The van der Waals surface area contributed by atoms with Crippen molar-refractivity contribution in [2.24, 2.45) is 0 Å². The summed E-state index contributed by atoms with van der Waals surface area (Å²) < 4.78 is 0. The van der Waals surface area contributed by atoms with Crippen LogP contribution in [0.1, 0.15) is 24.7 Å². The fraction of sp³-hybridized carbons (Fsp3) is 0.353. The first-order chi connectivity index (χ1) is 10.8. The van der Waals surface area contributed by atoms with Gasteiger partial charge < -0.3 is 5.32 Å². The molecule has 22 heavy (non-hydrogen) atoms. The SMILES string of the molecule is CCCNC(=O)CN(Cc1ccccn1)Cc1ccccn1. The van der Waals surface area contributed by atoms with Gasteiger partial charge >= 0.3 is 0 Å². The highest BCUT2D eigenvalue weighted by Crippen LogP contribution is 2.06. The van der Waals surface area contributed by atoms with Crippen LogP contribution >= 0.6 is 0 Å². The number of nitrogens with zero attached hydrogens (tertiary/aromatic N) is 3. The molecular weight excluding hydrogens is 276 g/mol. The van der Waals surface area contributed by atoms with Crippen molar-refractivity contribution in [2.75, 3.05) is 13.1 Å². The summed E-state index contributed by atoms with van der Waals surface area (Å²) in [6, 6.07) is 11.6. The van der Waals surface area contributed by atoms with Gasteiger partial charge in [-0.25, -0.2) is 0 Å². The van der Waals surface area contributed by atoms with E-state index >= 15 is 0 Å². The largest absolute Gasteiger partial charge is 0.355 e. The Hall–Kier alpha value is -2.27. The third-order valence-corrected chi connectivity index (χ3v) is 3.16. The van der Waals surface area contributed by atoms with Crippen molar-refractivity contribution in [2.45, 2.75) is 26.4 Å². The fourth-order valence-corrected chi connectivity index (χ4v) is 2.13. The van der Waals surface area contributed by atoms with Crippen LogP contribution in [0.25, 0.3) is 0 Å². The quantitative estimate of drug-likeness (QED) is 0.810. The van der Waals surface area contributed by atoms with Gasteiger partial charge in [0.1, 0.15) is 0 Å². The molecule has 5 nitrogen and oxygen atoms in total. The number of carbonyl (C=O) groups is 1. The van der Waals surface area contributed by atoms with Gasteiger partial charge in [0.05, 0.1) is 17.9 Å². The molecule has 0 aliphatic rings. The van der Waals surface area contributed by atoms with Gasteiger partial charge in [-0.2, -0.15) is 0 Å². The average Bonchev–Trinajstić information content (AvgIpc) is 2.55. The molecule has 0 spiro atoms. The minimum atomic E-state index is 0.0358. The third-order valence-electron chi connectivity index (χ3n) is 3.16. The first kappa shape index (κ1) is 16.1. The normalized spacial score (nSPS) is 10.6. The van der Waals surface area contributed by atoms with Crippen molar-refractivity contribution in [3.63, 3.8) is 0 Å².